The molecule has 172 valence electrons. The molecule has 0 bridgehead atoms. The Kier molecular flexibility index (Phi) is 6.15. The van der Waals surface area contributed by atoms with Gasteiger partial charge in [-0.3, -0.25) is 14.5 Å². The van der Waals surface area contributed by atoms with Crippen LogP contribution >= 0.6 is 0 Å². The molecule has 8 nitrogen and oxygen atoms in total. The molecule has 0 aromatic heterocycles. The molecule has 0 spiro atoms. The molecule has 0 saturated carbocycles. The van der Waals surface area contributed by atoms with Crippen molar-refractivity contribution in [1.29, 1.82) is 0 Å². The minimum Gasteiger partial charge on any atom is -0.478 e. The van der Waals surface area contributed by atoms with Crippen molar-refractivity contribution in [3.05, 3.63) is 70.7 Å². The Morgan fingerprint density at radius 3 is 2.39 bits per heavy atom. The van der Waals surface area contributed by atoms with Crippen LogP contribution in [0.2, 0.25) is 0 Å². The largest absolute Gasteiger partial charge is 0.478 e. The summed E-state index contributed by atoms with van der Waals surface area (Å²) in [7, 11) is 0. The molecule has 2 aliphatic rings. The molecule has 0 radical (unpaired) electrons. The number of benzene rings is 2. The summed E-state index contributed by atoms with van der Waals surface area (Å²) in [5.74, 6) is -3.21. The fraction of sp³-hybridized carbons (Fsp3) is 0.292. The van der Waals surface area contributed by atoms with Gasteiger partial charge in [0.25, 0.3) is 0 Å². The summed E-state index contributed by atoms with van der Waals surface area (Å²) < 4.78 is 18.8. The number of halogens is 1. The number of carboxylic acids is 1. The van der Waals surface area contributed by atoms with Crippen molar-refractivity contribution in [2.45, 2.75) is 19.3 Å². The fourth-order valence-electron chi connectivity index (χ4n) is 4.28. The van der Waals surface area contributed by atoms with E-state index in [9.17, 15) is 23.9 Å². The van der Waals surface area contributed by atoms with E-state index < -0.39 is 23.6 Å². The predicted molar refractivity (Wildman–Crippen MR) is 120 cm³/mol. The fourth-order valence-corrected chi connectivity index (χ4v) is 4.28. The van der Waals surface area contributed by atoms with Crippen molar-refractivity contribution < 1.29 is 28.6 Å². The second-order valence-corrected chi connectivity index (χ2v) is 8.08. The molecule has 3 N–H and O–H groups in total. The number of anilines is 2. The van der Waals surface area contributed by atoms with Gasteiger partial charge in [-0.25, -0.2) is 9.18 Å². The van der Waals surface area contributed by atoms with Crippen LogP contribution < -0.4 is 15.5 Å². The van der Waals surface area contributed by atoms with Crippen LogP contribution in [0.15, 0.2) is 48.2 Å². The first-order valence-electron chi connectivity index (χ1n) is 10.6. The topological polar surface area (TPSA) is 113 Å². The second-order valence-electron chi connectivity index (χ2n) is 8.08. The molecule has 2 aliphatic heterocycles. The molecule has 1 saturated heterocycles. The second kappa shape index (κ2) is 9.03. The number of nitrogens with two attached hydrogens (primary N) is 1. The van der Waals surface area contributed by atoms with E-state index in [-0.39, 0.29) is 17.9 Å². The lowest BCUT2D eigenvalue weighted by Crippen LogP contribution is -2.39. The first-order valence-corrected chi connectivity index (χ1v) is 10.6. The van der Waals surface area contributed by atoms with Gasteiger partial charge in [0.2, 0.25) is 11.8 Å². The quantitative estimate of drug-likeness (QED) is 0.720. The van der Waals surface area contributed by atoms with Crippen LogP contribution in [0.25, 0.3) is 0 Å². The standard InChI is InChI=1S/C24H24FN3O5/c1-14-10-21(20(11-17(14)23(26)30)27-6-8-33-9-7-27)28-13-19(24(31)32)18(12-22(28)29)15-2-4-16(25)5-3-15/h2-5,10-11,13,18H,6-9,12H2,1H3,(H2,26,30)(H,31,32)/t18-/m0/s1. The number of aliphatic carboxylic acids is 1. The number of nitrogens with zero attached hydrogens (tertiary/aromatic N) is 2. The zero-order valence-corrected chi connectivity index (χ0v) is 18.1. The Morgan fingerprint density at radius 2 is 1.79 bits per heavy atom. The third-order valence-corrected chi connectivity index (χ3v) is 6.01. The SMILES string of the molecule is Cc1cc(N2C=C(C(=O)O)[C@H](c3ccc(F)cc3)CC2=O)c(N2CCOCC2)cc1C(N)=O. The van der Waals surface area contributed by atoms with Gasteiger partial charge in [-0.1, -0.05) is 12.1 Å². The van der Waals surface area contributed by atoms with Gasteiger partial charge in [0.1, 0.15) is 5.82 Å². The number of hydrogen-bond acceptors (Lipinski definition) is 5. The maximum absolute atomic E-state index is 13.4. The zero-order valence-electron chi connectivity index (χ0n) is 18.1. The zero-order chi connectivity index (χ0) is 23.7. The van der Waals surface area contributed by atoms with E-state index in [0.717, 1.165) is 0 Å². The lowest BCUT2D eigenvalue weighted by molar-refractivity contribution is -0.133. The highest BCUT2D eigenvalue weighted by atomic mass is 19.1. The van der Waals surface area contributed by atoms with Crippen LogP contribution in [0, 0.1) is 12.7 Å². The summed E-state index contributed by atoms with van der Waals surface area (Å²) >= 11 is 0. The van der Waals surface area contributed by atoms with E-state index in [1.54, 1.807) is 19.1 Å². The highest BCUT2D eigenvalue weighted by Crippen LogP contribution is 2.39. The lowest BCUT2D eigenvalue weighted by Gasteiger charge is -2.35. The lowest BCUT2D eigenvalue weighted by atomic mass is 9.85. The number of carboxylic acid groups (broad SMARTS) is 1. The molecular weight excluding hydrogens is 429 g/mol. The summed E-state index contributed by atoms with van der Waals surface area (Å²) in [5.41, 5.74) is 8.10. The minimum absolute atomic E-state index is 0.0192. The third-order valence-electron chi connectivity index (χ3n) is 6.01. The van der Waals surface area contributed by atoms with E-state index in [1.807, 2.05) is 4.90 Å². The van der Waals surface area contributed by atoms with Crippen molar-refractivity contribution in [2.75, 3.05) is 36.1 Å². The van der Waals surface area contributed by atoms with E-state index >= 15 is 0 Å². The summed E-state index contributed by atoms with van der Waals surface area (Å²) in [5, 5.41) is 9.90. The Balaban J connectivity index is 1.82. The molecule has 2 heterocycles. The molecule has 1 fully saturated rings. The number of aryl methyl sites for hydroxylation is 1. The van der Waals surface area contributed by atoms with E-state index in [2.05, 4.69) is 0 Å². The molecule has 2 aromatic rings. The van der Waals surface area contributed by atoms with Crippen molar-refractivity contribution in [3.63, 3.8) is 0 Å². The van der Waals surface area contributed by atoms with Crippen LogP contribution in [0.4, 0.5) is 15.8 Å². The molecule has 0 unspecified atom stereocenters. The monoisotopic (exact) mass is 453 g/mol. The number of carbonyl (C=O) groups is 3. The normalized spacial score (nSPS) is 18.8. The first kappa shape index (κ1) is 22.5. The average Bonchev–Trinajstić information content (AvgIpc) is 2.79. The summed E-state index contributed by atoms with van der Waals surface area (Å²) in [6.45, 7) is 3.77. The van der Waals surface area contributed by atoms with Gasteiger partial charge in [-0.2, -0.15) is 0 Å². The Labute approximate surface area is 190 Å². The molecule has 33 heavy (non-hydrogen) atoms. The van der Waals surface area contributed by atoms with Crippen LogP contribution in [0.5, 0.6) is 0 Å². The Hall–Kier alpha value is -3.72. The minimum atomic E-state index is -1.17. The predicted octanol–water partition coefficient (Wildman–Crippen LogP) is 2.56. The Morgan fingerprint density at radius 1 is 1.12 bits per heavy atom. The van der Waals surface area contributed by atoms with Gasteiger partial charge in [0, 0.05) is 37.2 Å². The van der Waals surface area contributed by atoms with Crippen LogP contribution in [-0.4, -0.2) is 49.2 Å². The smallest absolute Gasteiger partial charge is 0.333 e. The van der Waals surface area contributed by atoms with Gasteiger partial charge in [-0.05, 0) is 42.3 Å². The number of primary amides is 1. The number of carbonyl (C=O) groups excluding carboxylic acids is 2. The number of rotatable bonds is 5. The molecule has 4 rings (SSSR count). The summed E-state index contributed by atoms with van der Waals surface area (Å²) in [4.78, 5) is 40.6. The van der Waals surface area contributed by atoms with Gasteiger partial charge in [0.15, 0.2) is 0 Å². The molecule has 9 heteroatoms. The molecule has 1 atom stereocenters. The molecular formula is C24H24FN3O5. The molecule has 0 aliphatic carbocycles. The number of amides is 2. The highest BCUT2D eigenvalue weighted by molar-refractivity contribution is 6.05. The van der Waals surface area contributed by atoms with Crippen molar-refractivity contribution in [2.24, 2.45) is 5.73 Å². The maximum atomic E-state index is 13.4. The van der Waals surface area contributed by atoms with Gasteiger partial charge in [-0.15, -0.1) is 0 Å². The highest BCUT2D eigenvalue weighted by Gasteiger charge is 2.35. The number of morpholine rings is 1. The van der Waals surface area contributed by atoms with Crippen LogP contribution in [-0.2, 0) is 14.3 Å². The number of hydrogen-bond donors (Lipinski definition) is 2. The Bertz CT molecular complexity index is 1140. The van der Waals surface area contributed by atoms with Crippen molar-refractivity contribution >= 4 is 29.2 Å². The third kappa shape index (κ3) is 4.45. The maximum Gasteiger partial charge on any atom is 0.333 e. The van der Waals surface area contributed by atoms with E-state index in [0.29, 0.717) is 54.4 Å². The van der Waals surface area contributed by atoms with Crippen molar-refractivity contribution in [3.8, 4) is 0 Å². The summed E-state index contributed by atoms with van der Waals surface area (Å²) in [6, 6.07) is 8.79. The van der Waals surface area contributed by atoms with E-state index in [1.165, 1.54) is 35.4 Å². The molecule has 2 amide bonds. The van der Waals surface area contributed by atoms with Crippen LogP contribution in [0.1, 0.15) is 33.8 Å². The average molecular weight is 453 g/mol. The van der Waals surface area contributed by atoms with Crippen molar-refractivity contribution in [1.82, 2.24) is 0 Å². The van der Waals surface area contributed by atoms with Gasteiger partial charge >= 0.3 is 5.97 Å². The van der Waals surface area contributed by atoms with Crippen LogP contribution in [0.3, 0.4) is 0 Å². The first-order chi connectivity index (χ1) is 15.8. The summed E-state index contributed by atoms with van der Waals surface area (Å²) in [6.07, 6.45) is 1.23. The van der Waals surface area contributed by atoms with Gasteiger partial charge < -0.3 is 20.5 Å². The molecule has 2 aromatic carbocycles. The van der Waals surface area contributed by atoms with Gasteiger partial charge in [0.05, 0.1) is 30.2 Å². The number of ether oxygens (including phenoxy) is 1. The van der Waals surface area contributed by atoms with E-state index in [4.69, 9.17) is 10.5 Å².